The highest BCUT2D eigenvalue weighted by atomic mass is 19.4. The van der Waals surface area contributed by atoms with E-state index in [1.54, 1.807) is 6.92 Å². The van der Waals surface area contributed by atoms with Crippen molar-refractivity contribution in [3.8, 4) is 0 Å². The standard InChI is InChI=1S/C20H24F3N5O3.CH3NO/c1-2-27-18(30)16(14(29)12-26-8-4-3-5-9-26)17(24)28(19(27)31)11-13-6-7-15(25-10-13)20(21,22)23;2-1-3/h6-7,10H,2-5,8-9,11-12,24H2,1H3;1H,(H2,2,3). The second-order valence-corrected chi connectivity index (χ2v) is 7.62. The summed E-state index contributed by atoms with van der Waals surface area (Å²) in [4.78, 5) is 52.3. The SMILES string of the molecule is CCn1c(=O)c(C(=O)CN2CCCCC2)c(N)n(Cc2ccc(C(F)(F)F)nc2)c1=O.NC=O. The first-order chi connectivity index (χ1) is 16.0. The van der Waals surface area contributed by atoms with Gasteiger partial charge < -0.3 is 11.5 Å². The lowest BCUT2D eigenvalue weighted by Crippen LogP contribution is -2.45. The van der Waals surface area contributed by atoms with Crippen LogP contribution < -0.4 is 22.7 Å². The first kappa shape index (κ1) is 26.8. The molecule has 0 saturated carbocycles. The zero-order valence-electron chi connectivity index (χ0n) is 18.7. The zero-order valence-corrected chi connectivity index (χ0v) is 18.7. The molecule has 1 amide bonds. The molecule has 3 rings (SSSR count). The summed E-state index contributed by atoms with van der Waals surface area (Å²) in [6, 6.07) is 1.98. The van der Waals surface area contributed by atoms with E-state index in [1.807, 2.05) is 4.90 Å². The smallest absolute Gasteiger partial charge is 0.384 e. The summed E-state index contributed by atoms with van der Waals surface area (Å²) < 4.78 is 40.1. The highest BCUT2D eigenvalue weighted by Crippen LogP contribution is 2.27. The number of piperidine rings is 1. The lowest BCUT2D eigenvalue weighted by atomic mass is 10.1. The van der Waals surface area contributed by atoms with Crippen LogP contribution in [0.25, 0.3) is 0 Å². The number of Topliss-reactive ketones (excluding diaryl/α,β-unsaturated/α-hetero) is 1. The summed E-state index contributed by atoms with van der Waals surface area (Å²) in [6.07, 6.45) is -0.338. The fourth-order valence-electron chi connectivity index (χ4n) is 3.68. The van der Waals surface area contributed by atoms with Gasteiger partial charge in [0, 0.05) is 12.7 Å². The number of amides is 1. The molecule has 0 spiro atoms. The van der Waals surface area contributed by atoms with E-state index < -0.39 is 28.9 Å². The van der Waals surface area contributed by atoms with E-state index in [-0.39, 0.29) is 43.0 Å². The monoisotopic (exact) mass is 484 g/mol. The molecule has 2 aromatic heterocycles. The van der Waals surface area contributed by atoms with Crippen LogP contribution in [0.15, 0.2) is 27.9 Å². The number of nitrogen functional groups attached to an aromatic ring is 1. The number of nitrogens with two attached hydrogens (primary N) is 2. The number of ketones is 1. The first-order valence-corrected chi connectivity index (χ1v) is 10.6. The highest BCUT2D eigenvalue weighted by molar-refractivity contribution is 6.01. The van der Waals surface area contributed by atoms with Crippen LogP contribution in [-0.2, 0) is 24.1 Å². The molecular formula is C21H27F3N6O4. The average Bonchev–Trinajstić information content (AvgIpc) is 2.78. The quantitative estimate of drug-likeness (QED) is 0.456. The zero-order chi connectivity index (χ0) is 25.5. The molecule has 0 bridgehead atoms. The Morgan fingerprint density at radius 1 is 1.15 bits per heavy atom. The van der Waals surface area contributed by atoms with Crippen LogP contribution in [0.4, 0.5) is 19.0 Å². The normalized spacial score (nSPS) is 14.2. The molecule has 0 radical (unpaired) electrons. The molecule has 34 heavy (non-hydrogen) atoms. The van der Waals surface area contributed by atoms with Gasteiger partial charge in [0.1, 0.15) is 17.1 Å². The number of pyridine rings is 1. The van der Waals surface area contributed by atoms with Crippen LogP contribution in [0.1, 0.15) is 47.8 Å². The van der Waals surface area contributed by atoms with Crippen molar-refractivity contribution in [3.63, 3.8) is 0 Å². The number of hydrogen-bond donors (Lipinski definition) is 2. The molecule has 186 valence electrons. The van der Waals surface area contributed by atoms with Gasteiger partial charge in [-0.3, -0.25) is 33.4 Å². The van der Waals surface area contributed by atoms with Gasteiger partial charge >= 0.3 is 11.9 Å². The fraction of sp³-hybridized carbons (Fsp3) is 0.476. The molecule has 1 saturated heterocycles. The van der Waals surface area contributed by atoms with Gasteiger partial charge in [-0.05, 0) is 44.5 Å². The number of primary amides is 1. The third-order valence-corrected chi connectivity index (χ3v) is 5.33. The highest BCUT2D eigenvalue weighted by Gasteiger charge is 2.32. The van der Waals surface area contributed by atoms with Crippen LogP contribution in [0.5, 0.6) is 0 Å². The summed E-state index contributed by atoms with van der Waals surface area (Å²) >= 11 is 0. The Hall–Kier alpha value is -3.48. The van der Waals surface area contributed by atoms with Crippen molar-refractivity contribution in [2.45, 2.75) is 45.5 Å². The van der Waals surface area contributed by atoms with E-state index in [1.165, 1.54) is 6.07 Å². The number of rotatable bonds is 6. The maximum atomic E-state index is 12.9. The van der Waals surface area contributed by atoms with Gasteiger partial charge in [-0.1, -0.05) is 12.5 Å². The van der Waals surface area contributed by atoms with Crippen molar-refractivity contribution >= 4 is 18.0 Å². The van der Waals surface area contributed by atoms with E-state index in [4.69, 9.17) is 10.5 Å². The molecule has 0 aromatic carbocycles. The molecule has 0 unspecified atom stereocenters. The van der Waals surface area contributed by atoms with Gasteiger partial charge in [0.25, 0.3) is 5.56 Å². The van der Waals surface area contributed by atoms with Crippen molar-refractivity contribution in [2.24, 2.45) is 5.73 Å². The van der Waals surface area contributed by atoms with Gasteiger partial charge in [-0.15, -0.1) is 0 Å². The van der Waals surface area contributed by atoms with Crippen LogP contribution >= 0.6 is 0 Å². The topological polar surface area (TPSA) is 146 Å². The summed E-state index contributed by atoms with van der Waals surface area (Å²) in [5.41, 5.74) is 7.69. The van der Waals surface area contributed by atoms with Crippen molar-refractivity contribution in [2.75, 3.05) is 25.4 Å². The predicted octanol–water partition coefficient (Wildman–Crippen LogP) is 0.844. The molecule has 0 atom stereocenters. The molecule has 2 aromatic rings. The Balaban J connectivity index is 0.00000129. The van der Waals surface area contributed by atoms with Crippen molar-refractivity contribution in [1.29, 1.82) is 0 Å². The van der Waals surface area contributed by atoms with E-state index in [0.29, 0.717) is 0 Å². The fourth-order valence-corrected chi connectivity index (χ4v) is 3.68. The molecule has 1 aliphatic rings. The Morgan fingerprint density at radius 3 is 2.26 bits per heavy atom. The van der Waals surface area contributed by atoms with Crippen LogP contribution in [0.3, 0.4) is 0 Å². The third kappa shape index (κ3) is 6.31. The molecule has 1 aliphatic heterocycles. The van der Waals surface area contributed by atoms with Crippen LogP contribution in [0, 0.1) is 0 Å². The second kappa shape index (κ2) is 11.6. The van der Waals surface area contributed by atoms with E-state index >= 15 is 0 Å². The number of anilines is 1. The lowest BCUT2D eigenvalue weighted by molar-refractivity contribution is -0.141. The van der Waals surface area contributed by atoms with Gasteiger partial charge in [0.2, 0.25) is 6.41 Å². The molecule has 4 N–H and O–H groups in total. The minimum atomic E-state index is -4.59. The van der Waals surface area contributed by atoms with Crippen molar-refractivity contribution in [1.82, 2.24) is 19.0 Å². The predicted molar refractivity (Wildman–Crippen MR) is 118 cm³/mol. The maximum absolute atomic E-state index is 12.9. The number of nitrogens with zero attached hydrogens (tertiary/aromatic N) is 4. The van der Waals surface area contributed by atoms with Gasteiger partial charge in [-0.2, -0.15) is 13.2 Å². The number of halogens is 3. The van der Waals surface area contributed by atoms with Crippen LogP contribution in [0.2, 0.25) is 0 Å². The molecule has 3 heterocycles. The van der Waals surface area contributed by atoms with E-state index in [9.17, 15) is 27.6 Å². The van der Waals surface area contributed by atoms with Crippen LogP contribution in [-0.4, -0.2) is 50.8 Å². The average molecular weight is 484 g/mol. The lowest BCUT2D eigenvalue weighted by Gasteiger charge is -2.26. The number of likely N-dealkylation sites (tertiary alicyclic amines) is 1. The summed E-state index contributed by atoms with van der Waals surface area (Å²) in [7, 11) is 0. The molecular weight excluding hydrogens is 457 g/mol. The Bertz CT molecular complexity index is 1120. The van der Waals surface area contributed by atoms with E-state index in [2.05, 4.69) is 10.7 Å². The Kier molecular flexibility index (Phi) is 9.12. The largest absolute Gasteiger partial charge is 0.433 e. The molecule has 10 nitrogen and oxygen atoms in total. The second-order valence-electron chi connectivity index (χ2n) is 7.62. The summed E-state index contributed by atoms with van der Waals surface area (Å²) in [5, 5.41) is 0. The minimum absolute atomic E-state index is 0.0171. The number of hydrogen-bond acceptors (Lipinski definition) is 7. The molecule has 1 fully saturated rings. The molecule has 0 aliphatic carbocycles. The number of carbonyl (C=O) groups excluding carboxylic acids is 2. The van der Waals surface area contributed by atoms with Gasteiger partial charge in [0.15, 0.2) is 5.78 Å². The maximum Gasteiger partial charge on any atom is 0.433 e. The van der Waals surface area contributed by atoms with Gasteiger partial charge in [0.05, 0.1) is 13.1 Å². The Labute approximate surface area is 193 Å². The van der Waals surface area contributed by atoms with E-state index in [0.717, 1.165) is 53.7 Å². The summed E-state index contributed by atoms with van der Waals surface area (Å²) in [6.45, 7) is 2.88. The number of alkyl halides is 3. The Morgan fingerprint density at radius 2 is 1.76 bits per heavy atom. The number of carbonyl (C=O) groups is 2. The summed E-state index contributed by atoms with van der Waals surface area (Å²) in [5.74, 6) is -0.771. The van der Waals surface area contributed by atoms with Crippen molar-refractivity contribution in [3.05, 3.63) is 56.0 Å². The minimum Gasteiger partial charge on any atom is -0.384 e. The molecule has 13 heteroatoms. The number of aromatic nitrogens is 3. The van der Waals surface area contributed by atoms with Crippen molar-refractivity contribution < 1.29 is 22.8 Å². The van der Waals surface area contributed by atoms with Gasteiger partial charge in [-0.25, -0.2) is 4.79 Å². The first-order valence-electron chi connectivity index (χ1n) is 10.6. The third-order valence-electron chi connectivity index (χ3n) is 5.33.